The second-order valence-electron chi connectivity index (χ2n) is 2.80. The lowest BCUT2D eigenvalue weighted by atomic mass is 10.1. The minimum absolute atomic E-state index is 0.262. The summed E-state index contributed by atoms with van der Waals surface area (Å²) in [5.41, 5.74) is 4.54. The third-order valence-corrected chi connectivity index (χ3v) is 1.69. The molecule has 0 unspecified atom stereocenters. The normalized spacial score (nSPS) is 10.5. The molecule has 0 aliphatic rings. The summed E-state index contributed by atoms with van der Waals surface area (Å²) in [5, 5.41) is 0. The number of rotatable bonds is 3. The van der Waals surface area contributed by atoms with Crippen molar-refractivity contribution in [2.45, 2.75) is 13.5 Å². The maximum Gasteiger partial charge on any atom is 0.387 e. The molecule has 0 radical (unpaired) electrons. The number of halogens is 3. The van der Waals surface area contributed by atoms with E-state index in [1.165, 1.54) is 0 Å². The van der Waals surface area contributed by atoms with Crippen molar-refractivity contribution in [3.63, 3.8) is 0 Å². The summed E-state index contributed by atoms with van der Waals surface area (Å²) >= 11 is 0. The molecule has 82 valence electrons. The van der Waals surface area contributed by atoms with Crippen LogP contribution in [0.1, 0.15) is 17.3 Å². The van der Waals surface area contributed by atoms with Crippen molar-refractivity contribution >= 4 is 11.5 Å². The van der Waals surface area contributed by atoms with Gasteiger partial charge < -0.3 is 10.5 Å². The lowest BCUT2D eigenvalue weighted by Crippen LogP contribution is -2.08. The van der Waals surface area contributed by atoms with Crippen LogP contribution in [0.2, 0.25) is 0 Å². The summed E-state index contributed by atoms with van der Waals surface area (Å²) in [6.45, 7) is -1.98. The van der Waals surface area contributed by atoms with Crippen molar-refractivity contribution in [2.75, 3.05) is 5.73 Å². The molecule has 0 heterocycles. The summed E-state index contributed by atoms with van der Waals surface area (Å²) in [7, 11) is 0. The lowest BCUT2D eigenvalue weighted by Gasteiger charge is -2.09. The minimum atomic E-state index is -3.09. The number of ether oxygens (including phenoxy) is 1. The highest BCUT2D eigenvalue weighted by molar-refractivity contribution is 5.97. The van der Waals surface area contributed by atoms with Crippen LogP contribution in [0.3, 0.4) is 0 Å². The number of benzene rings is 1. The van der Waals surface area contributed by atoms with Crippen molar-refractivity contribution in [3.05, 3.63) is 23.5 Å². The quantitative estimate of drug-likeness (QED) is 0.626. The maximum atomic E-state index is 12.9. The van der Waals surface area contributed by atoms with E-state index in [9.17, 15) is 18.0 Å². The van der Waals surface area contributed by atoms with E-state index >= 15 is 0 Å². The zero-order valence-corrected chi connectivity index (χ0v) is 7.76. The molecule has 0 amide bonds. The first kappa shape index (κ1) is 11.4. The number of nitrogen functional groups attached to an aromatic ring is 1. The van der Waals surface area contributed by atoms with Crippen molar-refractivity contribution in [1.82, 2.24) is 0 Å². The predicted molar refractivity (Wildman–Crippen MR) is 47.4 cm³/mol. The molecule has 0 bridgehead atoms. The van der Waals surface area contributed by atoms with E-state index < -0.39 is 24.0 Å². The van der Waals surface area contributed by atoms with Gasteiger partial charge in [0.1, 0.15) is 11.6 Å². The molecule has 0 saturated heterocycles. The topological polar surface area (TPSA) is 52.3 Å². The Bertz CT molecular complexity index is 393. The third-order valence-electron chi connectivity index (χ3n) is 1.69. The van der Waals surface area contributed by atoms with Crippen molar-refractivity contribution < 1.29 is 22.7 Å². The Hall–Kier alpha value is -1.72. The molecule has 1 aromatic carbocycles. The van der Waals surface area contributed by atoms with Gasteiger partial charge in [-0.1, -0.05) is 0 Å². The molecular formula is C9H8F3NO2. The first-order valence-corrected chi connectivity index (χ1v) is 3.96. The second-order valence-corrected chi connectivity index (χ2v) is 2.80. The molecule has 1 rings (SSSR count). The van der Waals surface area contributed by atoms with Crippen LogP contribution in [0, 0.1) is 5.82 Å². The van der Waals surface area contributed by atoms with Gasteiger partial charge in [-0.3, -0.25) is 4.79 Å². The Morgan fingerprint density at radius 1 is 1.47 bits per heavy atom. The third kappa shape index (κ3) is 2.61. The van der Waals surface area contributed by atoms with Gasteiger partial charge in [0.25, 0.3) is 0 Å². The van der Waals surface area contributed by atoms with Crippen LogP contribution in [0.4, 0.5) is 18.9 Å². The number of alkyl halides is 2. The van der Waals surface area contributed by atoms with E-state index in [1.807, 2.05) is 0 Å². The maximum absolute atomic E-state index is 12.9. The number of carbonyl (C=O) groups excluding carboxylic acids is 1. The molecular weight excluding hydrogens is 211 g/mol. The number of hydrogen-bond donors (Lipinski definition) is 1. The van der Waals surface area contributed by atoms with Gasteiger partial charge in [0.15, 0.2) is 5.78 Å². The monoisotopic (exact) mass is 219 g/mol. The van der Waals surface area contributed by atoms with E-state index in [2.05, 4.69) is 4.74 Å². The molecule has 15 heavy (non-hydrogen) atoms. The Balaban J connectivity index is 3.22. The first-order chi connectivity index (χ1) is 6.91. The standard InChI is InChI=1S/C9H8F3NO2/c1-4(14)5-2-6(10)7(13)3-8(5)15-9(11)12/h2-3,9H,13H2,1H3. The van der Waals surface area contributed by atoms with Gasteiger partial charge in [-0.05, 0) is 13.0 Å². The molecule has 0 saturated carbocycles. The zero-order chi connectivity index (χ0) is 11.6. The number of hydrogen-bond acceptors (Lipinski definition) is 3. The van der Waals surface area contributed by atoms with Gasteiger partial charge in [0, 0.05) is 6.07 Å². The molecule has 0 aliphatic carbocycles. The van der Waals surface area contributed by atoms with E-state index in [4.69, 9.17) is 5.73 Å². The van der Waals surface area contributed by atoms with Gasteiger partial charge in [0.05, 0.1) is 11.3 Å². The molecule has 0 aliphatic heterocycles. The molecule has 6 heteroatoms. The van der Waals surface area contributed by atoms with Crippen LogP contribution in [0.5, 0.6) is 5.75 Å². The first-order valence-electron chi connectivity index (χ1n) is 3.96. The average Bonchev–Trinajstić information content (AvgIpc) is 2.09. The SMILES string of the molecule is CC(=O)c1cc(F)c(N)cc1OC(F)F. The summed E-state index contributed by atoms with van der Waals surface area (Å²) in [6.07, 6.45) is 0. The molecule has 2 N–H and O–H groups in total. The van der Waals surface area contributed by atoms with Crippen LogP contribution >= 0.6 is 0 Å². The van der Waals surface area contributed by atoms with Crippen LogP contribution in [0.25, 0.3) is 0 Å². The number of ketones is 1. The van der Waals surface area contributed by atoms with E-state index in [-0.39, 0.29) is 11.3 Å². The van der Waals surface area contributed by atoms with Gasteiger partial charge in [0.2, 0.25) is 0 Å². The zero-order valence-electron chi connectivity index (χ0n) is 7.76. The fraction of sp³-hybridized carbons (Fsp3) is 0.222. The van der Waals surface area contributed by atoms with Crippen molar-refractivity contribution in [3.8, 4) is 5.75 Å². The van der Waals surface area contributed by atoms with Gasteiger partial charge in [-0.25, -0.2) is 4.39 Å². The lowest BCUT2D eigenvalue weighted by molar-refractivity contribution is -0.0501. The molecule has 0 aromatic heterocycles. The van der Waals surface area contributed by atoms with E-state index in [0.717, 1.165) is 19.1 Å². The van der Waals surface area contributed by atoms with Crippen molar-refractivity contribution in [2.24, 2.45) is 0 Å². The van der Waals surface area contributed by atoms with Crippen molar-refractivity contribution in [1.29, 1.82) is 0 Å². The summed E-state index contributed by atoms with van der Waals surface area (Å²) in [5.74, 6) is -1.84. The van der Waals surface area contributed by atoms with Gasteiger partial charge in [-0.15, -0.1) is 0 Å². The molecule has 0 spiro atoms. The van der Waals surface area contributed by atoms with Gasteiger partial charge in [-0.2, -0.15) is 8.78 Å². The van der Waals surface area contributed by atoms with Crippen LogP contribution in [-0.2, 0) is 0 Å². The number of nitrogens with two attached hydrogens (primary N) is 1. The molecule has 3 nitrogen and oxygen atoms in total. The Labute approximate surface area is 83.6 Å². The second kappa shape index (κ2) is 4.20. The summed E-state index contributed by atoms with van der Waals surface area (Å²) in [4.78, 5) is 11.0. The summed E-state index contributed by atoms with van der Waals surface area (Å²) in [6, 6.07) is 1.63. The minimum Gasteiger partial charge on any atom is -0.434 e. The summed E-state index contributed by atoms with van der Waals surface area (Å²) < 4.78 is 40.8. The Kier molecular flexibility index (Phi) is 3.18. The van der Waals surface area contributed by atoms with Crippen LogP contribution < -0.4 is 10.5 Å². The predicted octanol–water partition coefficient (Wildman–Crippen LogP) is 2.21. The van der Waals surface area contributed by atoms with E-state index in [0.29, 0.717) is 0 Å². The fourth-order valence-electron chi connectivity index (χ4n) is 1.04. The number of Topliss-reactive ketones (excluding diaryl/α,β-unsaturated/α-hetero) is 1. The highest BCUT2D eigenvalue weighted by Crippen LogP contribution is 2.26. The Morgan fingerprint density at radius 2 is 2.07 bits per heavy atom. The molecule has 0 atom stereocenters. The average molecular weight is 219 g/mol. The van der Waals surface area contributed by atoms with E-state index in [1.54, 1.807) is 0 Å². The van der Waals surface area contributed by atoms with Crippen LogP contribution in [0.15, 0.2) is 12.1 Å². The number of carbonyl (C=O) groups is 1. The Morgan fingerprint density at radius 3 is 2.53 bits per heavy atom. The highest BCUT2D eigenvalue weighted by Gasteiger charge is 2.15. The molecule has 0 fully saturated rings. The van der Waals surface area contributed by atoms with Crippen LogP contribution in [-0.4, -0.2) is 12.4 Å². The van der Waals surface area contributed by atoms with Gasteiger partial charge >= 0.3 is 6.61 Å². The fourth-order valence-corrected chi connectivity index (χ4v) is 1.04. The number of anilines is 1. The molecule has 1 aromatic rings. The highest BCUT2D eigenvalue weighted by atomic mass is 19.3. The largest absolute Gasteiger partial charge is 0.434 e. The smallest absolute Gasteiger partial charge is 0.387 e.